The largest absolute Gasteiger partial charge is 0.444 e. The van der Waals surface area contributed by atoms with Crippen LogP contribution in [0.2, 0.25) is 0 Å². The molecule has 0 atom stereocenters. The number of amides is 1. The van der Waals surface area contributed by atoms with E-state index in [4.69, 9.17) is 4.74 Å². The molecule has 0 spiro atoms. The maximum Gasteiger partial charge on any atom is 0.413 e. The summed E-state index contributed by atoms with van der Waals surface area (Å²) in [4.78, 5) is 30.1. The van der Waals surface area contributed by atoms with E-state index in [2.05, 4.69) is 15.3 Å². The van der Waals surface area contributed by atoms with E-state index in [-0.39, 0.29) is 5.82 Å². The van der Waals surface area contributed by atoms with Crippen LogP contribution in [0.3, 0.4) is 0 Å². The Labute approximate surface area is 109 Å². The van der Waals surface area contributed by atoms with E-state index in [0.29, 0.717) is 11.0 Å². The molecule has 6 heteroatoms. The van der Waals surface area contributed by atoms with Crippen molar-refractivity contribution in [2.75, 3.05) is 5.32 Å². The van der Waals surface area contributed by atoms with Crippen LogP contribution in [-0.2, 0) is 4.74 Å². The van der Waals surface area contributed by atoms with Crippen LogP contribution in [0.1, 0.15) is 20.8 Å². The molecular weight excluding hydrogens is 246 g/mol. The predicted molar refractivity (Wildman–Crippen MR) is 72.2 cm³/mol. The molecule has 6 nitrogen and oxygen atoms in total. The quantitative estimate of drug-likeness (QED) is 0.824. The highest BCUT2D eigenvalue weighted by molar-refractivity contribution is 5.85. The van der Waals surface area contributed by atoms with Gasteiger partial charge in [0.15, 0.2) is 0 Å². The summed E-state index contributed by atoms with van der Waals surface area (Å²) in [6.07, 6.45) is -0.708. The van der Waals surface area contributed by atoms with E-state index in [1.54, 1.807) is 45.0 Å². The van der Waals surface area contributed by atoms with Gasteiger partial charge in [-0.15, -0.1) is 0 Å². The van der Waals surface area contributed by atoms with Gasteiger partial charge in [0.1, 0.15) is 5.60 Å². The average molecular weight is 261 g/mol. The van der Waals surface area contributed by atoms with Crippen molar-refractivity contribution in [1.82, 2.24) is 9.97 Å². The summed E-state index contributed by atoms with van der Waals surface area (Å²) in [6, 6.07) is 7.07. The van der Waals surface area contributed by atoms with Crippen molar-refractivity contribution >= 4 is 22.9 Å². The number of benzene rings is 1. The lowest BCUT2D eigenvalue weighted by atomic mass is 10.2. The first kappa shape index (κ1) is 13.1. The number of ether oxygens (including phenoxy) is 1. The third kappa shape index (κ3) is 3.31. The second-order valence-electron chi connectivity index (χ2n) is 5.06. The Morgan fingerprint density at radius 2 is 2.00 bits per heavy atom. The number of fused-ring (bicyclic) bond motifs is 1. The Balaban J connectivity index is 2.28. The van der Waals surface area contributed by atoms with Gasteiger partial charge in [0.2, 0.25) is 5.82 Å². The van der Waals surface area contributed by atoms with Crippen LogP contribution in [0.25, 0.3) is 11.0 Å². The van der Waals surface area contributed by atoms with Gasteiger partial charge in [-0.2, -0.15) is 0 Å². The number of H-pyrrole nitrogens is 1. The van der Waals surface area contributed by atoms with E-state index in [1.807, 2.05) is 0 Å². The number of nitrogens with zero attached hydrogens (tertiary/aromatic N) is 1. The lowest BCUT2D eigenvalue weighted by Crippen LogP contribution is -2.29. The fraction of sp³-hybridized carbons (Fsp3) is 0.308. The summed E-state index contributed by atoms with van der Waals surface area (Å²) in [6.45, 7) is 5.22. The van der Waals surface area contributed by atoms with Gasteiger partial charge < -0.3 is 9.72 Å². The van der Waals surface area contributed by atoms with Gasteiger partial charge in [0.25, 0.3) is 5.56 Å². The highest BCUT2D eigenvalue weighted by Gasteiger charge is 2.17. The first-order valence-electron chi connectivity index (χ1n) is 5.84. The Kier molecular flexibility index (Phi) is 3.25. The summed E-state index contributed by atoms with van der Waals surface area (Å²) in [7, 11) is 0. The second-order valence-corrected chi connectivity index (χ2v) is 5.06. The molecule has 2 rings (SSSR count). The molecular formula is C13H15N3O3. The maximum absolute atomic E-state index is 11.7. The second kappa shape index (κ2) is 4.72. The predicted octanol–water partition coefficient (Wildman–Crippen LogP) is 2.27. The number of carbonyl (C=O) groups is 1. The number of aromatic nitrogens is 2. The zero-order chi connectivity index (χ0) is 14.0. The molecule has 1 heterocycles. The first-order chi connectivity index (χ1) is 8.85. The van der Waals surface area contributed by atoms with E-state index < -0.39 is 17.3 Å². The normalized spacial score (nSPS) is 11.3. The Morgan fingerprint density at radius 3 is 2.68 bits per heavy atom. The number of para-hydroxylation sites is 2. The number of aromatic amines is 1. The van der Waals surface area contributed by atoms with Crippen molar-refractivity contribution in [3.8, 4) is 0 Å². The van der Waals surface area contributed by atoms with E-state index in [1.165, 1.54) is 0 Å². The topological polar surface area (TPSA) is 84.1 Å². The molecule has 0 unspecified atom stereocenters. The van der Waals surface area contributed by atoms with E-state index >= 15 is 0 Å². The minimum absolute atomic E-state index is 0.0760. The number of rotatable bonds is 1. The fourth-order valence-electron chi connectivity index (χ4n) is 1.51. The first-order valence-corrected chi connectivity index (χ1v) is 5.84. The van der Waals surface area contributed by atoms with Gasteiger partial charge in [-0.05, 0) is 32.9 Å². The summed E-state index contributed by atoms with van der Waals surface area (Å²) < 4.78 is 5.07. The summed E-state index contributed by atoms with van der Waals surface area (Å²) in [5.74, 6) is -0.0760. The molecule has 1 aromatic heterocycles. The van der Waals surface area contributed by atoms with Crippen LogP contribution >= 0.6 is 0 Å². The van der Waals surface area contributed by atoms with Crippen molar-refractivity contribution in [2.24, 2.45) is 0 Å². The molecule has 0 aliphatic carbocycles. The molecule has 1 aromatic carbocycles. The zero-order valence-electron chi connectivity index (χ0n) is 11.0. The maximum atomic E-state index is 11.7. The molecule has 0 saturated carbocycles. The van der Waals surface area contributed by atoms with Gasteiger partial charge in [0.05, 0.1) is 11.0 Å². The lowest BCUT2D eigenvalue weighted by molar-refractivity contribution is 0.0635. The molecule has 0 radical (unpaired) electrons. The number of hydrogen-bond donors (Lipinski definition) is 2. The standard InChI is InChI=1S/C13H15N3O3/c1-13(2,3)19-12(18)16-10-11(17)15-9-7-5-4-6-8(9)14-10/h4-7H,1-3H3,(H,15,17)(H,14,16,18). The average Bonchev–Trinajstić information content (AvgIpc) is 2.27. The molecule has 2 N–H and O–H groups in total. The van der Waals surface area contributed by atoms with Crippen molar-refractivity contribution in [3.05, 3.63) is 34.6 Å². The van der Waals surface area contributed by atoms with Crippen LogP contribution in [0, 0.1) is 0 Å². The number of nitrogens with one attached hydrogen (secondary N) is 2. The van der Waals surface area contributed by atoms with Crippen molar-refractivity contribution in [2.45, 2.75) is 26.4 Å². The van der Waals surface area contributed by atoms with Crippen molar-refractivity contribution < 1.29 is 9.53 Å². The minimum Gasteiger partial charge on any atom is -0.444 e. The zero-order valence-corrected chi connectivity index (χ0v) is 11.0. The SMILES string of the molecule is CC(C)(C)OC(=O)Nc1nc2ccccc2[nH]c1=O. The van der Waals surface area contributed by atoms with Crippen molar-refractivity contribution in [1.29, 1.82) is 0 Å². The minimum atomic E-state index is -0.708. The molecule has 0 aliphatic heterocycles. The van der Waals surface area contributed by atoms with Crippen LogP contribution in [0.5, 0.6) is 0 Å². The summed E-state index contributed by atoms with van der Waals surface area (Å²) >= 11 is 0. The molecule has 0 saturated heterocycles. The molecule has 1 amide bonds. The summed E-state index contributed by atoms with van der Waals surface area (Å²) in [5.41, 5.74) is 0.105. The van der Waals surface area contributed by atoms with E-state index in [0.717, 1.165) is 0 Å². The third-order valence-electron chi connectivity index (χ3n) is 2.22. The van der Waals surface area contributed by atoms with Gasteiger partial charge in [0, 0.05) is 0 Å². The highest BCUT2D eigenvalue weighted by Crippen LogP contribution is 2.10. The number of carbonyl (C=O) groups excluding carboxylic acids is 1. The van der Waals surface area contributed by atoms with E-state index in [9.17, 15) is 9.59 Å². The van der Waals surface area contributed by atoms with Crippen LogP contribution in [0.15, 0.2) is 29.1 Å². The molecule has 0 bridgehead atoms. The number of hydrogen-bond acceptors (Lipinski definition) is 4. The highest BCUT2D eigenvalue weighted by atomic mass is 16.6. The molecule has 0 aliphatic rings. The van der Waals surface area contributed by atoms with Gasteiger partial charge >= 0.3 is 6.09 Å². The van der Waals surface area contributed by atoms with Gasteiger partial charge in [-0.1, -0.05) is 12.1 Å². The third-order valence-corrected chi connectivity index (χ3v) is 2.22. The Hall–Kier alpha value is -2.37. The molecule has 100 valence electrons. The van der Waals surface area contributed by atoms with Crippen LogP contribution in [-0.4, -0.2) is 21.7 Å². The summed E-state index contributed by atoms with van der Waals surface area (Å²) in [5, 5.41) is 2.34. The monoisotopic (exact) mass is 261 g/mol. The van der Waals surface area contributed by atoms with Gasteiger partial charge in [-0.3, -0.25) is 10.1 Å². The molecule has 0 fully saturated rings. The Bertz CT molecular complexity index is 671. The fourth-order valence-corrected chi connectivity index (χ4v) is 1.51. The number of anilines is 1. The van der Waals surface area contributed by atoms with Crippen LogP contribution in [0.4, 0.5) is 10.6 Å². The molecule has 19 heavy (non-hydrogen) atoms. The lowest BCUT2D eigenvalue weighted by Gasteiger charge is -2.19. The molecule has 2 aromatic rings. The van der Waals surface area contributed by atoms with Crippen molar-refractivity contribution in [3.63, 3.8) is 0 Å². The Morgan fingerprint density at radius 1 is 1.32 bits per heavy atom. The smallest absolute Gasteiger partial charge is 0.413 e. The van der Waals surface area contributed by atoms with Crippen LogP contribution < -0.4 is 10.9 Å². The van der Waals surface area contributed by atoms with Gasteiger partial charge in [-0.25, -0.2) is 9.78 Å².